The van der Waals surface area contributed by atoms with Gasteiger partial charge >= 0.3 is 0 Å². The van der Waals surface area contributed by atoms with Crippen molar-refractivity contribution in [2.24, 2.45) is 0 Å². The second-order valence-corrected chi connectivity index (χ2v) is 11.0. The van der Waals surface area contributed by atoms with Gasteiger partial charge in [-0.25, -0.2) is 13.4 Å². The molecule has 1 fully saturated rings. The Morgan fingerprint density at radius 2 is 1.87 bits per heavy atom. The summed E-state index contributed by atoms with van der Waals surface area (Å²) in [5.41, 5.74) is 3.31. The van der Waals surface area contributed by atoms with Crippen molar-refractivity contribution in [2.45, 2.75) is 44.8 Å². The fraction of sp³-hybridized carbons (Fsp3) is 0.364. The summed E-state index contributed by atoms with van der Waals surface area (Å²) < 4.78 is 34.3. The number of carbonyl (C=O) groups excluding carboxylic acids is 1. The van der Waals surface area contributed by atoms with Gasteiger partial charge in [-0.1, -0.05) is 23.5 Å². The predicted octanol–water partition coefficient (Wildman–Crippen LogP) is 3.96. The van der Waals surface area contributed by atoms with Gasteiger partial charge < -0.3 is 4.74 Å². The molecule has 1 saturated heterocycles. The number of ether oxygens (including phenoxy) is 1. The quantitative estimate of drug-likeness (QED) is 0.638. The highest BCUT2D eigenvalue weighted by Gasteiger charge is 2.32. The van der Waals surface area contributed by atoms with Crippen LogP contribution in [-0.2, 0) is 14.8 Å². The maximum absolute atomic E-state index is 13.1. The van der Waals surface area contributed by atoms with E-state index in [1.54, 1.807) is 12.1 Å². The molecular formula is C22H25N3O4S2. The Morgan fingerprint density at radius 1 is 1.16 bits per heavy atom. The zero-order valence-corrected chi connectivity index (χ0v) is 19.5. The predicted molar refractivity (Wildman–Crippen MR) is 122 cm³/mol. The minimum absolute atomic E-state index is 0.0946. The summed E-state index contributed by atoms with van der Waals surface area (Å²) in [4.78, 5) is 17.5. The Kier molecular flexibility index (Phi) is 5.87. The number of morpholine rings is 1. The molecule has 1 aliphatic heterocycles. The average Bonchev–Trinajstić information content (AvgIpc) is 3.10. The normalized spacial score (nSPS) is 20.1. The van der Waals surface area contributed by atoms with Gasteiger partial charge in [-0.2, -0.15) is 4.31 Å². The van der Waals surface area contributed by atoms with Crippen molar-refractivity contribution < 1.29 is 17.9 Å². The number of nitrogens with one attached hydrogen (secondary N) is 1. The molecule has 3 aromatic rings. The maximum atomic E-state index is 13.1. The van der Waals surface area contributed by atoms with Gasteiger partial charge in [0.1, 0.15) is 0 Å². The van der Waals surface area contributed by atoms with Crippen molar-refractivity contribution in [1.29, 1.82) is 0 Å². The number of hydrogen-bond acceptors (Lipinski definition) is 6. The summed E-state index contributed by atoms with van der Waals surface area (Å²) in [6.45, 7) is 8.28. The second-order valence-electron chi connectivity index (χ2n) is 8.01. The van der Waals surface area contributed by atoms with Crippen LogP contribution in [0.3, 0.4) is 0 Å². The van der Waals surface area contributed by atoms with Crippen LogP contribution in [0.25, 0.3) is 10.2 Å². The lowest BCUT2D eigenvalue weighted by molar-refractivity contribution is -0.0440. The van der Waals surface area contributed by atoms with Crippen LogP contribution in [0, 0.1) is 13.8 Å². The lowest BCUT2D eigenvalue weighted by Crippen LogP contribution is -2.48. The largest absolute Gasteiger partial charge is 0.373 e. The van der Waals surface area contributed by atoms with E-state index in [-0.39, 0.29) is 35.8 Å². The lowest BCUT2D eigenvalue weighted by atomic mass is 10.1. The number of anilines is 1. The van der Waals surface area contributed by atoms with Gasteiger partial charge in [-0.15, -0.1) is 0 Å². The molecule has 9 heteroatoms. The fourth-order valence-corrected chi connectivity index (χ4v) is 6.54. The number of carbonyl (C=O) groups is 1. The molecule has 7 nitrogen and oxygen atoms in total. The van der Waals surface area contributed by atoms with Crippen LogP contribution in [0.5, 0.6) is 0 Å². The first-order valence-corrected chi connectivity index (χ1v) is 12.3. The number of thiazole rings is 1. The number of rotatable bonds is 4. The topological polar surface area (TPSA) is 88.6 Å². The van der Waals surface area contributed by atoms with Gasteiger partial charge in [-0.05, 0) is 63.1 Å². The molecule has 164 valence electrons. The summed E-state index contributed by atoms with van der Waals surface area (Å²) in [7, 11) is -3.73. The first-order chi connectivity index (χ1) is 14.6. The number of hydrogen-bond donors (Lipinski definition) is 1. The first kappa shape index (κ1) is 21.9. The molecule has 1 N–H and O–H groups in total. The van der Waals surface area contributed by atoms with Crippen molar-refractivity contribution in [3.05, 3.63) is 53.1 Å². The highest BCUT2D eigenvalue weighted by molar-refractivity contribution is 7.89. The van der Waals surface area contributed by atoms with Gasteiger partial charge in [0.15, 0.2) is 5.13 Å². The molecule has 0 spiro atoms. The first-order valence-electron chi connectivity index (χ1n) is 10.1. The monoisotopic (exact) mass is 459 g/mol. The summed E-state index contributed by atoms with van der Waals surface area (Å²) >= 11 is 1.40. The SMILES string of the molecule is Cc1cc(C)c2nc(NC(=O)c3cccc(S(=O)(=O)N4C[C@H](C)O[C@@H](C)C4)c3)sc2c1. The highest BCUT2D eigenvalue weighted by Crippen LogP contribution is 2.30. The summed E-state index contributed by atoms with van der Waals surface area (Å²) in [5, 5.41) is 3.29. The van der Waals surface area contributed by atoms with Crippen molar-refractivity contribution in [3.8, 4) is 0 Å². The number of nitrogens with zero attached hydrogens (tertiary/aromatic N) is 2. The molecule has 0 bridgehead atoms. The van der Waals surface area contributed by atoms with Gasteiger partial charge in [0.05, 0.1) is 27.3 Å². The van der Waals surface area contributed by atoms with Gasteiger partial charge in [0, 0.05) is 18.7 Å². The zero-order valence-electron chi connectivity index (χ0n) is 17.9. The number of aromatic nitrogens is 1. The number of fused-ring (bicyclic) bond motifs is 1. The Bertz CT molecular complexity index is 1240. The number of benzene rings is 2. The van der Waals surface area contributed by atoms with Crippen molar-refractivity contribution in [1.82, 2.24) is 9.29 Å². The minimum atomic E-state index is -3.73. The Hall–Kier alpha value is -2.33. The van der Waals surface area contributed by atoms with E-state index in [1.165, 1.54) is 27.8 Å². The van der Waals surface area contributed by atoms with E-state index < -0.39 is 15.9 Å². The smallest absolute Gasteiger partial charge is 0.257 e. The van der Waals surface area contributed by atoms with Crippen molar-refractivity contribution >= 4 is 42.6 Å². The zero-order chi connectivity index (χ0) is 22.3. The highest BCUT2D eigenvalue weighted by atomic mass is 32.2. The van der Waals surface area contributed by atoms with Crippen LogP contribution >= 0.6 is 11.3 Å². The average molecular weight is 460 g/mol. The lowest BCUT2D eigenvalue weighted by Gasteiger charge is -2.34. The summed E-state index contributed by atoms with van der Waals surface area (Å²) in [6.07, 6.45) is -0.368. The van der Waals surface area contributed by atoms with E-state index in [2.05, 4.69) is 16.4 Å². The molecule has 2 heterocycles. The van der Waals surface area contributed by atoms with Crippen LogP contribution in [0.2, 0.25) is 0 Å². The maximum Gasteiger partial charge on any atom is 0.257 e. The standard InChI is InChI=1S/C22H25N3O4S2/c1-13-8-14(2)20-19(9-13)30-22(23-20)24-21(26)17-6-5-7-18(10-17)31(27,28)25-11-15(3)29-16(4)12-25/h5-10,15-16H,11-12H2,1-4H3,(H,23,24,26)/t15-,16-/m0/s1. The number of aryl methyl sites for hydroxylation is 2. The molecule has 0 saturated carbocycles. The minimum Gasteiger partial charge on any atom is -0.373 e. The molecule has 1 aliphatic rings. The molecule has 1 aromatic heterocycles. The third-order valence-corrected chi connectivity index (χ3v) is 7.92. The van der Waals surface area contributed by atoms with Gasteiger partial charge in [0.25, 0.3) is 5.91 Å². The van der Waals surface area contributed by atoms with E-state index in [1.807, 2.05) is 33.8 Å². The van der Waals surface area contributed by atoms with Crippen LogP contribution in [0.4, 0.5) is 5.13 Å². The van der Waals surface area contributed by atoms with Crippen LogP contribution in [0.1, 0.15) is 35.3 Å². The fourth-order valence-electron chi connectivity index (χ4n) is 3.87. The van der Waals surface area contributed by atoms with Gasteiger partial charge in [-0.3, -0.25) is 10.1 Å². The van der Waals surface area contributed by atoms with Crippen LogP contribution < -0.4 is 5.32 Å². The molecule has 4 rings (SSSR count). The Labute approximate surface area is 186 Å². The van der Waals surface area contributed by atoms with E-state index >= 15 is 0 Å². The molecule has 31 heavy (non-hydrogen) atoms. The molecule has 1 amide bonds. The second kappa shape index (κ2) is 8.31. The van der Waals surface area contributed by atoms with E-state index in [4.69, 9.17) is 4.74 Å². The number of amides is 1. The molecule has 0 aliphatic carbocycles. The molecule has 0 radical (unpaired) electrons. The molecule has 0 unspecified atom stereocenters. The van der Waals surface area contributed by atoms with E-state index in [0.717, 1.165) is 21.3 Å². The van der Waals surface area contributed by atoms with Crippen LogP contribution in [0.15, 0.2) is 41.3 Å². The molecule has 2 aromatic carbocycles. The molecule has 2 atom stereocenters. The summed E-state index contributed by atoms with van der Waals surface area (Å²) in [5.74, 6) is -0.394. The third-order valence-electron chi connectivity index (χ3n) is 5.17. The van der Waals surface area contributed by atoms with Crippen molar-refractivity contribution in [3.63, 3.8) is 0 Å². The summed E-state index contributed by atoms with van der Waals surface area (Å²) in [6, 6.07) is 10.2. The van der Waals surface area contributed by atoms with Crippen molar-refractivity contribution in [2.75, 3.05) is 18.4 Å². The Balaban J connectivity index is 1.58. The number of sulfonamides is 1. The molecular weight excluding hydrogens is 434 g/mol. The van der Waals surface area contributed by atoms with E-state index in [9.17, 15) is 13.2 Å². The third kappa shape index (κ3) is 4.50. The van der Waals surface area contributed by atoms with Gasteiger partial charge in [0.2, 0.25) is 10.0 Å². The van der Waals surface area contributed by atoms with E-state index in [0.29, 0.717) is 5.13 Å². The Morgan fingerprint density at radius 3 is 2.58 bits per heavy atom. The van der Waals surface area contributed by atoms with Crippen LogP contribution in [-0.4, -0.2) is 48.9 Å².